The highest BCUT2D eigenvalue weighted by Crippen LogP contribution is 2.23. The van der Waals surface area contributed by atoms with Crippen LogP contribution in [-0.2, 0) is 0 Å². The second kappa shape index (κ2) is 7.33. The van der Waals surface area contributed by atoms with E-state index in [2.05, 4.69) is 5.32 Å². The van der Waals surface area contributed by atoms with Gasteiger partial charge in [-0.2, -0.15) is 0 Å². The predicted octanol–water partition coefficient (Wildman–Crippen LogP) is 3.39. The monoisotopic (exact) mass is 285 g/mol. The van der Waals surface area contributed by atoms with Crippen molar-refractivity contribution in [1.82, 2.24) is 0 Å². The average Bonchev–Trinajstić information content (AvgIpc) is 2.54. The molecular weight excluding hydrogens is 266 g/mol. The van der Waals surface area contributed by atoms with E-state index in [9.17, 15) is 4.79 Å². The standard InChI is InChI=1S/C17H19NO3/c1-3-21-14-10-8-13(9-11-14)16(19)12-18-15-6-4-5-7-17(15)20-2/h4-11,18H,3,12H2,1-2H3. The first-order chi connectivity index (χ1) is 10.2. The normalized spacial score (nSPS) is 10.0. The summed E-state index contributed by atoms with van der Waals surface area (Å²) in [5.74, 6) is 1.51. The molecule has 0 aliphatic heterocycles. The number of hydrogen-bond donors (Lipinski definition) is 1. The molecule has 0 spiro atoms. The lowest BCUT2D eigenvalue weighted by Gasteiger charge is -2.10. The zero-order valence-corrected chi connectivity index (χ0v) is 12.3. The summed E-state index contributed by atoms with van der Waals surface area (Å²) >= 11 is 0. The van der Waals surface area contributed by atoms with Crippen molar-refractivity contribution in [3.05, 3.63) is 54.1 Å². The zero-order chi connectivity index (χ0) is 15.1. The molecule has 4 heteroatoms. The van der Waals surface area contributed by atoms with Gasteiger partial charge in [-0.1, -0.05) is 12.1 Å². The highest BCUT2D eigenvalue weighted by Gasteiger charge is 2.07. The maximum atomic E-state index is 12.1. The SMILES string of the molecule is CCOc1ccc(C(=O)CNc2ccccc2OC)cc1. The molecule has 4 nitrogen and oxygen atoms in total. The lowest BCUT2D eigenvalue weighted by molar-refractivity contribution is 0.101. The topological polar surface area (TPSA) is 47.6 Å². The van der Waals surface area contributed by atoms with E-state index in [1.807, 2.05) is 31.2 Å². The van der Waals surface area contributed by atoms with Crippen LogP contribution in [0.1, 0.15) is 17.3 Å². The van der Waals surface area contributed by atoms with E-state index in [1.165, 1.54) is 0 Å². The Morgan fingerprint density at radius 1 is 1.10 bits per heavy atom. The predicted molar refractivity (Wildman–Crippen MR) is 83.4 cm³/mol. The first kappa shape index (κ1) is 14.9. The fraction of sp³-hybridized carbons (Fsp3) is 0.235. The Balaban J connectivity index is 1.98. The molecule has 110 valence electrons. The summed E-state index contributed by atoms with van der Waals surface area (Å²) in [7, 11) is 1.61. The molecule has 2 rings (SSSR count). The minimum atomic E-state index is 0.0176. The third-order valence-electron chi connectivity index (χ3n) is 3.03. The van der Waals surface area contributed by atoms with Crippen LogP contribution in [0.25, 0.3) is 0 Å². The summed E-state index contributed by atoms with van der Waals surface area (Å²) in [5, 5.41) is 3.10. The molecule has 2 aromatic rings. The first-order valence-corrected chi connectivity index (χ1v) is 6.87. The number of rotatable bonds is 7. The average molecular weight is 285 g/mol. The van der Waals surface area contributed by atoms with Crippen LogP contribution < -0.4 is 14.8 Å². The van der Waals surface area contributed by atoms with Crippen LogP contribution in [-0.4, -0.2) is 26.0 Å². The Hall–Kier alpha value is -2.49. The molecule has 0 radical (unpaired) electrons. The summed E-state index contributed by atoms with van der Waals surface area (Å²) in [6.07, 6.45) is 0. The van der Waals surface area contributed by atoms with Gasteiger partial charge in [0.05, 0.1) is 25.9 Å². The van der Waals surface area contributed by atoms with E-state index < -0.39 is 0 Å². The summed E-state index contributed by atoms with van der Waals surface area (Å²) in [6.45, 7) is 2.76. The van der Waals surface area contributed by atoms with Gasteiger partial charge in [-0.15, -0.1) is 0 Å². The number of methoxy groups -OCH3 is 1. The number of Topliss-reactive ketones (excluding diaryl/α,β-unsaturated/α-hetero) is 1. The molecule has 0 bridgehead atoms. The molecule has 0 fully saturated rings. The van der Waals surface area contributed by atoms with Crippen LogP contribution in [0, 0.1) is 0 Å². The van der Waals surface area contributed by atoms with E-state index in [0.717, 1.165) is 17.2 Å². The molecule has 0 saturated heterocycles. The molecule has 0 saturated carbocycles. The Morgan fingerprint density at radius 2 is 1.81 bits per heavy atom. The zero-order valence-electron chi connectivity index (χ0n) is 12.3. The van der Waals surface area contributed by atoms with Crippen molar-refractivity contribution in [1.29, 1.82) is 0 Å². The number of anilines is 1. The molecule has 0 atom stereocenters. The fourth-order valence-corrected chi connectivity index (χ4v) is 1.97. The molecular formula is C17H19NO3. The van der Waals surface area contributed by atoms with Crippen molar-refractivity contribution in [2.75, 3.05) is 25.6 Å². The molecule has 0 aromatic heterocycles. The minimum absolute atomic E-state index is 0.0176. The van der Waals surface area contributed by atoms with Crippen LogP contribution in [0.4, 0.5) is 5.69 Å². The van der Waals surface area contributed by atoms with Gasteiger partial charge in [0.25, 0.3) is 0 Å². The molecule has 0 aliphatic carbocycles. The second-order valence-corrected chi connectivity index (χ2v) is 4.43. The van der Waals surface area contributed by atoms with E-state index in [0.29, 0.717) is 12.2 Å². The summed E-state index contributed by atoms with van der Waals surface area (Å²) < 4.78 is 10.6. The van der Waals surface area contributed by atoms with Gasteiger partial charge in [0.1, 0.15) is 11.5 Å². The van der Waals surface area contributed by atoms with Crippen molar-refractivity contribution in [2.45, 2.75) is 6.92 Å². The van der Waals surface area contributed by atoms with Crippen LogP contribution in [0.15, 0.2) is 48.5 Å². The summed E-state index contributed by atoms with van der Waals surface area (Å²) in [4.78, 5) is 12.1. The van der Waals surface area contributed by atoms with Gasteiger partial charge in [0.2, 0.25) is 0 Å². The van der Waals surface area contributed by atoms with Crippen molar-refractivity contribution >= 4 is 11.5 Å². The van der Waals surface area contributed by atoms with Crippen molar-refractivity contribution in [3.8, 4) is 11.5 Å². The number of hydrogen-bond acceptors (Lipinski definition) is 4. The maximum Gasteiger partial charge on any atom is 0.181 e. The molecule has 0 unspecified atom stereocenters. The van der Waals surface area contributed by atoms with Crippen molar-refractivity contribution < 1.29 is 14.3 Å². The Labute approximate surface area is 124 Å². The first-order valence-electron chi connectivity index (χ1n) is 6.87. The number of benzene rings is 2. The van der Waals surface area contributed by atoms with Crippen LogP contribution in [0.3, 0.4) is 0 Å². The van der Waals surface area contributed by atoms with Crippen molar-refractivity contribution in [2.24, 2.45) is 0 Å². The van der Waals surface area contributed by atoms with Gasteiger partial charge in [-0.05, 0) is 43.3 Å². The molecule has 0 aliphatic rings. The Kier molecular flexibility index (Phi) is 5.21. The van der Waals surface area contributed by atoms with Gasteiger partial charge in [-0.25, -0.2) is 0 Å². The number of nitrogens with one attached hydrogen (secondary N) is 1. The van der Waals surface area contributed by atoms with Gasteiger partial charge >= 0.3 is 0 Å². The number of carbonyl (C=O) groups is 1. The number of carbonyl (C=O) groups excluding carboxylic acids is 1. The van der Waals surface area contributed by atoms with Gasteiger partial charge in [0.15, 0.2) is 5.78 Å². The number of ketones is 1. The van der Waals surface area contributed by atoms with Gasteiger partial charge < -0.3 is 14.8 Å². The van der Waals surface area contributed by atoms with Gasteiger partial charge in [-0.3, -0.25) is 4.79 Å². The third-order valence-corrected chi connectivity index (χ3v) is 3.03. The van der Waals surface area contributed by atoms with Gasteiger partial charge in [0, 0.05) is 5.56 Å². The molecule has 0 heterocycles. The number of ether oxygens (including phenoxy) is 2. The Morgan fingerprint density at radius 3 is 2.48 bits per heavy atom. The summed E-state index contributed by atoms with van der Waals surface area (Å²) in [5.41, 5.74) is 1.46. The van der Waals surface area contributed by atoms with E-state index in [1.54, 1.807) is 31.4 Å². The third kappa shape index (κ3) is 3.99. The largest absolute Gasteiger partial charge is 0.495 e. The van der Waals surface area contributed by atoms with Crippen LogP contribution >= 0.6 is 0 Å². The summed E-state index contributed by atoms with van der Waals surface area (Å²) in [6, 6.07) is 14.7. The van der Waals surface area contributed by atoms with E-state index in [4.69, 9.17) is 9.47 Å². The molecule has 0 amide bonds. The minimum Gasteiger partial charge on any atom is -0.495 e. The van der Waals surface area contributed by atoms with E-state index >= 15 is 0 Å². The molecule has 1 N–H and O–H groups in total. The quantitative estimate of drug-likeness (QED) is 0.792. The second-order valence-electron chi connectivity index (χ2n) is 4.43. The lowest BCUT2D eigenvalue weighted by atomic mass is 10.1. The maximum absolute atomic E-state index is 12.1. The fourth-order valence-electron chi connectivity index (χ4n) is 1.97. The lowest BCUT2D eigenvalue weighted by Crippen LogP contribution is -2.14. The van der Waals surface area contributed by atoms with Crippen LogP contribution in [0.5, 0.6) is 11.5 Å². The molecule has 2 aromatic carbocycles. The van der Waals surface area contributed by atoms with Crippen molar-refractivity contribution in [3.63, 3.8) is 0 Å². The smallest absolute Gasteiger partial charge is 0.181 e. The molecule has 21 heavy (non-hydrogen) atoms. The van der Waals surface area contributed by atoms with Crippen LogP contribution in [0.2, 0.25) is 0 Å². The Bertz CT molecular complexity index is 593. The van der Waals surface area contributed by atoms with E-state index in [-0.39, 0.29) is 12.3 Å². The highest BCUT2D eigenvalue weighted by molar-refractivity contribution is 5.99. The highest BCUT2D eigenvalue weighted by atomic mass is 16.5. The number of para-hydroxylation sites is 2.